The third kappa shape index (κ3) is 3.67. The summed E-state index contributed by atoms with van der Waals surface area (Å²) in [6.45, 7) is 8.63. The quantitative estimate of drug-likeness (QED) is 0.457. The molecule has 0 saturated heterocycles. The van der Waals surface area contributed by atoms with Gasteiger partial charge in [-0.15, -0.1) is 17.9 Å². The van der Waals surface area contributed by atoms with Gasteiger partial charge in [0.25, 0.3) is 5.91 Å². The number of nitrogens with zero attached hydrogens (tertiary/aromatic N) is 3. The minimum Gasteiger partial charge on any atom is -0.345 e. The van der Waals surface area contributed by atoms with E-state index >= 15 is 0 Å². The molecule has 3 heterocycles. The van der Waals surface area contributed by atoms with Crippen LogP contribution in [0.4, 0.5) is 5.13 Å². The molecule has 0 aliphatic carbocycles. The Kier molecular flexibility index (Phi) is 5.46. The van der Waals surface area contributed by atoms with Crippen molar-refractivity contribution in [1.82, 2.24) is 14.5 Å². The lowest BCUT2D eigenvalue weighted by Crippen LogP contribution is -2.12. The molecule has 0 unspecified atom stereocenters. The van der Waals surface area contributed by atoms with Crippen LogP contribution in [0.3, 0.4) is 0 Å². The number of hydrogen-bond acceptors (Lipinski definition) is 4. The van der Waals surface area contributed by atoms with E-state index in [2.05, 4.69) is 32.5 Å². The van der Waals surface area contributed by atoms with E-state index in [1.165, 1.54) is 23.6 Å². The number of pyridine rings is 1. The van der Waals surface area contributed by atoms with Crippen molar-refractivity contribution in [2.24, 2.45) is 0 Å². The topological polar surface area (TPSA) is 59.8 Å². The molecule has 1 N–H and O–H groups in total. The van der Waals surface area contributed by atoms with Crippen molar-refractivity contribution in [2.75, 3.05) is 5.32 Å². The van der Waals surface area contributed by atoms with Crippen molar-refractivity contribution in [3.8, 4) is 11.3 Å². The molecule has 8 heteroatoms. The van der Waals surface area contributed by atoms with Crippen molar-refractivity contribution >= 4 is 45.6 Å². The Hall–Kier alpha value is -2.15. The molecule has 5 nitrogen and oxygen atoms in total. The second kappa shape index (κ2) is 7.61. The average Bonchev–Trinajstić information content (AvgIpc) is 3.17. The highest BCUT2D eigenvalue weighted by atomic mass is 35.5. The van der Waals surface area contributed by atoms with Crippen molar-refractivity contribution in [3.63, 3.8) is 0 Å². The summed E-state index contributed by atoms with van der Waals surface area (Å²) in [6, 6.07) is 3.56. The maximum atomic E-state index is 12.3. The minimum atomic E-state index is -0.339. The Bertz CT molecular complexity index is 993. The Labute approximate surface area is 165 Å². The lowest BCUT2D eigenvalue weighted by molar-refractivity contribution is 0.102. The number of rotatable bonds is 5. The number of aryl methyl sites for hydroxylation is 1. The number of thiazole rings is 1. The number of carbonyl (C=O) groups is 1. The minimum absolute atomic E-state index is 0.162. The van der Waals surface area contributed by atoms with Gasteiger partial charge in [0, 0.05) is 35.1 Å². The lowest BCUT2D eigenvalue weighted by Gasteiger charge is -2.05. The zero-order valence-electron chi connectivity index (χ0n) is 14.2. The first-order chi connectivity index (χ1) is 12.4. The van der Waals surface area contributed by atoms with Crippen molar-refractivity contribution in [1.29, 1.82) is 0 Å². The van der Waals surface area contributed by atoms with Gasteiger partial charge < -0.3 is 4.57 Å². The Morgan fingerprint density at radius 2 is 2.15 bits per heavy atom. The van der Waals surface area contributed by atoms with Gasteiger partial charge in [0.05, 0.1) is 16.3 Å². The molecule has 0 atom stereocenters. The summed E-state index contributed by atoms with van der Waals surface area (Å²) in [4.78, 5) is 20.7. The zero-order chi connectivity index (χ0) is 18.8. The van der Waals surface area contributed by atoms with Gasteiger partial charge in [-0.1, -0.05) is 29.3 Å². The number of amides is 1. The van der Waals surface area contributed by atoms with E-state index in [1.54, 1.807) is 0 Å². The van der Waals surface area contributed by atoms with Crippen molar-refractivity contribution < 1.29 is 4.79 Å². The lowest BCUT2D eigenvalue weighted by atomic mass is 10.2. The van der Waals surface area contributed by atoms with E-state index in [0.29, 0.717) is 10.7 Å². The fourth-order valence-corrected chi connectivity index (χ4v) is 3.62. The molecule has 26 heavy (non-hydrogen) atoms. The normalized spacial score (nSPS) is 10.8. The summed E-state index contributed by atoms with van der Waals surface area (Å²) in [5.74, 6) is -0.339. The first-order valence-corrected chi connectivity index (χ1v) is 9.40. The van der Waals surface area contributed by atoms with E-state index in [9.17, 15) is 4.79 Å². The molecule has 3 rings (SSSR count). The molecular formula is C18H16Cl2N4OS. The summed E-state index contributed by atoms with van der Waals surface area (Å²) < 4.78 is 2.17. The van der Waals surface area contributed by atoms with Gasteiger partial charge in [-0.05, 0) is 26.0 Å². The molecule has 0 aliphatic heterocycles. The first-order valence-electron chi connectivity index (χ1n) is 7.76. The third-order valence-corrected chi connectivity index (χ3v) is 5.39. The smallest absolute Gasteiger partial charge is 0.259 e. The van der Waals surface area contributed by atoms with Crippen LogP contribution >= 0.6 is 34.5 Å². The first kappa shape index (κ1) is 18.6. The summed E-state index contributed by atoms with van der Waals surface area (Å²) >= 11 is 13.0. The van der Waals surface area contributed by atoms with Crippen LogP contribution in [-0.4, -0.2) is 20.4 Å². The van der Waals surface area contributed by atoms with Crippen LogP contribution in [0.1, 0.15) is 21.7 Å². The molecule has 1 amide bonds. The van der Waals surface area contributed by atoms with Crippen LogP contribution in [0.2, 0.25) is 10.2 Å². The molecule has 0 radical (unpaired) electrons. The average molecular weight is 407 g/mol. The van der Waals surface area contributed by atoms with Gasteiger partial charge in [-0.25, -0.2) is 9.97 Å². The zero-order valence-corrected chi connectivity index (χ0v) is 16.5. The number of aromatic nitrogens is 3. The van der Waals surface area contributed by atoms with E-state index in [-0.39, 0.29) is 16.1 Å². The van der Waals surface area contributed by atoms with Crippen molar-refractivity contribution in [2.45, 2.75) is 20.4 Å². The monoisotopic (exact) mass is 406 g/mol. The number of carbonyl (C=O) groups excluding carboxylic acids is 1. The van der Waals surface area contributed by atoms with Gasteiger partial charge >= 0.3 is 0 Å². The van der Waals surface area contributed by atoms with E-state index in [1.807, 2.05) is 25.3 Å². The second-order valence-corrected chi connectivity index (χ2v) is 7.30. The highest BCUT2D eigenvalue weighted by Gasteiger charge is 2.15. The highest BCUT2D eigenvalue weighted by molar-refractivity contribution is 7.14. The maximum absolute atomic E-state index is 12.3. The molecule has 0 saturated carbocycles. The number of halogens is 2. The number of allylic oxidation sites excluding steroid dienone is 1. The van der Waals surface area contributed by atoms with Crippen LogP contribution in [0.15, 0.2) is 36.4 Å². The highest BCUT2D eigenvalue weighted by Crippen LogP contribution is 2.30. The molecule has 0 aromatic carbocycles. The van der Waals surface area contributed by atoms with Gasteiger partial charge in [0.2, 0.25) is 0 Å². The predicted molar refractivity (Wildman–Crippen MR) is 107 cm³/mol. The van der Waals surface area contributed by atoms with Gasteiger partial charge in [-0.2, -0.15) is 0 Å². The van der Waals surface area contributed by atoms with Gasteiger partial charge in [-0.3, -0.25) is 10.1 Å². The van der Waals surface area contributed by atoms with Crippen LogP contribution < -0.4 is 5.32 Å². The van der Waals surface area contributed by atoms with E-state index < -0.39 is 0 Å². The summed E-state index contributed by atoms with van der Waals surface area (Å²) in [5.41, 5.74) is 4.43. The Morgan fingerprint density at radius 3 is 2.85 bits per heavy atom. The van der Waals surface area contributed by atoms with Crippen molar-refractivity contribution in [3.05, 3.63) is 63.5 Å². The van der Waals surface area contributed by atoms with Crippen LogP contribution in [0, 0.1) is 13.8 Å². The SMILES string of the molecule is C=CCn1c(C)cc(-c2csc(NC(=O)c3cnc(Cl)c(Cl)c3)n2)c1C. The second-order valence-electron chi connectivity index (χ2n) is 5.67. The number of hydrogen-bond donors (Lipinski definition) is 1. The van der Waals surface area contributed by atoms with Crippen LogP contribution in [0.25, 0.3) is 11.3 Å². The molecule has 3 aromatic rings. The fourth-order valence-electron chi connectivity index (χ4n) is 2.64. The molecule has 0 bridgehead atoms. The molecule has 0 fully saturated rings. The predicted octanol–water partition coefficient (Wildman–Crippen LogP) is 5.37. The number of anilines is 1. The molecule has 0 aliphatic rings. The summed E-state index contributed by atoms with van der Waals surface area (Å²) in [6.07, 6.45) is 3.24. The fraction of sp³-hybridized carbons (Fsp3) is 0.167. The molecule has 134 valence electrons. The third-order valence-electron chi connectivity index (χ3n) is 3.94. The maximum Gasteiger partial charge on any atom is 0.259 e. The number of nitrogens with one attached hydrogen (secondary N) is 1. The van der Waals surface area contributed by atoms with E-state index in [4.69, 9.17) is 23.2 Å². The summed E-state index contributed by atoms with van der Waals surface area (Å²) in [7, 11) is 0. The van der Waals surface area contributed by atoms with Gasteiger partial charge in [0.15, 0.2) is 5.13 Å². The largest absolute Gasteiger partial charge is 0.345 e. The molecule has 3 aromatic heterocycles. The summed E-state index contributed by atoms with van der Waals surface area (Å²) in [5, 5.41) is 5.58. The van der Waals surface area contributed by atoms with Gasteiger partial charge in [0.1, 0.15) is 5.15 Å². The van der Waals surface area contributed by atoms with Crippen LogP contribution in [0.5, 0.6) is 0 Å². The molecular weight excluding hydrogens is 391 g/mol. The standard InChI is InChI=1S/C18H16Cl2N4OS/c1-4-5-24-10(2)6-13(11(24)3)15-9-26-18(22-15)23-17(25)12-7-14(19)16(20)21-8-12/h4,6-9H,1,5H2,2-3H3,(H,22,23,25). The Balaban J connectivity index is 1.82. The van der Waals surface area contributed by atoms with Crippen LogP contribution in [-0.2, 0) is 6.54 Å². The Morgan fingerprint density at radius 1 is 1.38 bits per heavy atom. The molecule has 0 spiro atoms. The van der Waals surface area contributed by atoms with E-state index in [0.717, 1.165) is 29.2 Å².